The van der Waals surface area contributed by atoms with E-state index in [4.69, 9.17) is 15.2 Å². The van der Waals surface area contributed by atoms with Crippen LogP contribution in [-0.4, -0.2) is 153 Å². The van der Waals surface area contributed by atoms with Gasteiger partial charge in [0.15, 0.2) is 11.6 Å². The van der Waals surface area contributed by atoms with E-state index in [0.29, 0.717) is 18.7 Å². The molecule has 0 aliphatic rings. The second-order valence-corrected chi connectivity index (χ2v) is 17.0. The van der Waals surface area contributed by atoms with Crippen LogP contribution < -0.4 is 21.7 Å². The number of H-pyrrole nitrogens is 1. The summed E-state index contributed by atoms with van der Waals surface area (Å²) in [7, 11) is -5.01. The van der Waals surface area contributed by atoms with E-state index < -0.39 is 92.5 Å². The van der Waals surface area contributed by atoms with Crippen molar-refractivity contribution in [3.05, 3.63) is 18.2 Å². The molecule has 0 saturated heterocycles. The molecule has 0 unspecified atom stereocenters. The number of hydrogen-bond acceptors (Lipinski definition) is 15. The highest BCUT2D eigenvalue weighted by molar-refractivity contribution is 7.80. The molecule has 9 N–H and O–H groups in total. The topological polar surface area (TPSA) is 319 Å². The monoisotopic (exact) mass is 921 g/mol. The number of nitrogens with zero attached hydrogens (tertiary/aromatic N) is 2. The van der Waals surface area contributed by atoms with E-state index in [1.54, 1.807) is 0 Å². The van der Waals surface area contributed by atoms with Gasteiger partial charge in [0.1, 0.15) is 11.8 Å². The molecule has 0 aliphatic carbocycles. The zero-order valence-corrected chi connectivity index (χ0v) is 38.2. The number of aromatic nitrogens is 2. The van der Waals surface area contributed by atoms with Crippen LogP contribution in [0.5, 0.6) is 0 Å². The molecule has 62 heavy (non-hydrogen) atoms. The average Bonchev–Trinajstić information content (AvgIpc) is 3.71. The SMILES string of the molecule is CCCCCN(CC(=O)N[C@@H](CC(C)C)C(=O)C[C@@H](Cc1cnc[nH]1)C(=O)N[C@@H](CO)C(=O)C[C@H](C(C)=O)[C@@H](C)OP(=O)(O)O)C(=O)CCOCCOCCNC(=O)[C@@H](N)CS. The van der Waals surface area contributed by atoms with Gasteiger partial charge in [-0.25, -0.2) is 9.55 Å². The quantitative estimate of drug-likeness (QED) is 0.0246. The number of carbonyl (C=O) groups is 7. The maximum Gasteiger partial charge on any atom is 0.469 e. The Balaban J connectivity index is 3.01. The molecule has 6 atom stereocenters. The van der Waals surface area contributed by atoms with Gasteiger partial charge in [-0.05, 0) is 32.6 Å². The van der Waals surface area contributed by atoms with Crippen molar-refractivity contribution in [3.8, 4) is 0 Å². The van der Waals surface area contributed by atoms with Crippen molar-refractivity contribution >= 4 is 61.4 Å². The number of aromatic amines is 1. The van der Waals surface area contributed by atoms with Gasteiger partial charge in [-0.1, -0.05) is 33.6 Å². The van der Waals surface area contributed by atoms with Gasteiger partial charge in [-0.15, -0.1) is 0 Å². The van der Waals surface area contributed by atoms with E-state index in [1.807, 2.05) is 20.8 Å². The van der Waals surface area contributed by atoms with E-state index in [-0.39, 0.29) is 82.3 Å². The number of aliphatic hydroxyl groups excluding tert-OH is 1. The number of carbonyl (C=O) groups excluding carboxylic acids is 7. The summed E-state index contributed by atoms with van der Waals surface area (Å²) >= 11 is 3.98. The number of nitrogens with one attached hydrogen (secondary N) is 4. The molecular weight excluding hydrogens is 854 g/mol. The summed E-state index contributed by atoms with van der Waals surface area (Å²) in [6.45, 7) is 8.10. The Morgan fingerprint density at radius 2 is 1.61 bits per heavy atom. The zero-order chi connectivity index (χ0) is 46.8. The maximum atomic E-state index is 14.0. The van der Waals surface area contributed by atoms with Gasteiger partial charge in [-0.2, -0.15) is 12.6 Å². The number of unbranched alkanes of at least 4 members (excludes halogenated alkanes) is 2. The van der Waals surface area contributed by atoms with Crippen molar-refractivity contribution < 1.29 is 67.0 Å². The number of rotatable bonds is 35. The highest BCUT2D eigenvalue weighted by Gasteiger charge is 2.35. The number of amides is 4. The largest absolute Gasteiger partial charge is 0.469 e. The summed E-state index contributed by atoms with van der Waals surface area (Å²) in [4.78, 5) is 118. The molecule has 1 heterocycles. The van der Waals surface area contributed by atoms with Crippen LogP contribution in [-0.2, 0) is 58.5 Å². The van der Waals surface area contributed by atoms with Crippen LogP contribution in [0.3, 0.4) is 0 Å². The van der Waals surface area contributed by atoms with E-state index >= 15 is 0 Å². The van der Waals surface area contributed by atoms with Crippen LogP contribution in [0.4, 0.5) is 0 Å². The number of nitrogens with two attached hydrogens (primary N) is 1. The van der Waals surface area contributed by atoms with E-state index in [0.717, 1.165) is 19.8 Å². The van der Waals surface area contributed by atoms with E-state index in [2.05, 4.69) is 43.1 Å². The summed E-state index contributed by atoms with van der Waals surface area (Å²) in [5, 5.41) is 17.9. The van der Waals surface area contributed by atoms with E-state index in [9.17, 15) is 53.0 Å². The molecule has 1 rings (SSSR count). The first kappa shape index (κ1) is 56.4. The van der Waals surface area contributed by atoms with Crippen molar-refractivity contribution in [1.29, 1.82) is 0 Å². The second-order valence-electron chi connectivity index (χ2n) is 15.4. The first-order chi connectivity index (χ1) is 29.2. The molecule has 0 spiro atoms. The third-order valence-corrected chi connectivity index (χ3v) is 10.6. The molecule has 1 aromatic heterocycles. The Morgan fingerprint density at radius 1 is 0.952 bits per heavy atom. The Bertz CT molecular complexity index is 1600. The molecular formula is C39H68N7O14PS. The summed E-state index contributed by atoms with van der Waals surface area (Å²) < 4.78 is 26.9. The van der Waals surface area contributed by atoms with Gasteiger partial charge in [-0.3, -0.25) is 38.1 Å². The highest BCUT2D eigenvalue weighted by Crippen LogP contribution is 2.39. The van der Waals surface area contributed by atoms with Gasteiger partial charge >= 0.3 is 7.82 Å². The average molecular weight is 922 g/mol. The number of hydrogen-bond donors (Lipinski definition) is 9. The fourth-order valence-electron chi connectivity index (χ4n) is 6.21. The van der Waals surface area contributed by atoms with Gasteiger partial charge in [0, 0.05) is 50.0 Å². The molecule has 1 aromatic rings. The van der Waals surface area contributed by atoms with E-state index in [1.165, 1.54) is 24.3 Å². The number of phosphoric ester groups is 1. The molecule has 0 aromatic carbocycles. The van der Waals surface area contributed by atoms with Crippen LogP contribution in [0.1, 0.15) is 85.3 Å². The molecule has 0 aliphatic heterocycles. The van der Waals surface area contributed by atoms with Crippen LogP contribution in [0, 0.1) is 17.8 Å². The predicted octanol–water partition coefficient (Wildman–Crippen LogP) is 0.0132. The van der Waals surface area contributed by atoms with Crippen molar-refractivity contribution in [1.82, 2.24) is 30.8 Å². The molecule has 0 radical (unpaired) electrons. The zero-order valence-electron chi connectivity index (χ0n) is 36.4. The van der Waals surface area contributed by atoms with Crippen LogP contribution in [0.25, 0.3) is 0 Å². The Kier molecular flexibility index (Phi) is 27.7. The number of phosphoric acid groups is 1. The lowest BCUT2D eigenvalue weighted by atomic mass is 9.89. The van der Waals surface area contributed by atoms with Crippen LogP contribution >= 0.6 is 20.5 Å². The Hall–Kier alpha value is -3.60. The second kappa shape index (κ2) is 30.5. The normalized spacial score (nSPS) is 14.6. The van der Waals surface area contributed by atoms with Gasteiger partial charge < -0.3 is 55.9 Å². The fraction of sp³-hybridized carbons (Fsp3) is 0.744. The van der Waals surface area contributed by atoms with Crippen LogP contribution in [0.2, 0.25) is 0 Å². The molecule has 4 amide bonds. The lowest BCUT2D eigenvalue weighted by Gasteiger charge is -2.26. The minimum absolute atomic E-state index is 0.0111. The molecule has 21 nitrogen and oxygen atoms in total. The minimum atomic E-state index is -5.01. The third-order valence-electron chi connectivity index (χ3n) is 9.60. The maximum absolute atomic E-state index is 14.0. The standard InChI is InChI=1S/C39H68N7O14PS/c1-6-7-8-11-46(37(52)9-12-58-14-15-59-13-10-42-39(54)31(40)23-62)21-36(51)44-32(16-25(2)3)34(49)18-28(17-29-20-41-24-43-29)38(53)45-33(22-47)35(50)19-30(26(4)48)27(5)60-61(55,56)57/h20,24-25,27-28,30-33,47,62H,6-19,21-23,40H2,1-5H3,(H,41,43)(H,42,54)(H,44,51)(H,45,53)(H2,55,56,57)/t27-,28-,30-,31+,32+,33+/m1/s1. The van der Waals surface area contributed by atoms with Gasteiger partial charge in [0.05, 0.1) is 82.4 Å². The molecule has 354 valence electrons. The summed E-state index contributed by atoms with van der Waals surface area (Å²) in [6.07, 6.45) is 2.91. The van der Waals surface area contributed by atoms with Gasteiger partial charge in [0.2, 0.25) is 23.6 Å². The smallest absolute Gasteiger partial charge is 0.394 e. The van der Waals surface area contributed by atoms with Crippen LogP contribution in [0.15, 0.2) is 12.5 Å². The fourth-order valence-corrected chi connectivity index (χ4v) is 6.96. The van der Waals surface area contributed by atoms with Crippen molar-refractivity contribution in [2.24, 2.45) is 23.5 Å². The number of aliphatic hydroxyl groups is 1. The highest BCUT2D eigenvalue weighted by atomic mass is 32.1. The number of Topliss-reactive ketones (excluding diaryl/α,β-unsaturated/α-hetero) is 3. The third kappa shape index (κ3) is 23.7. The summed E-state index contributed by atoms with van der Waals surface area (Å²) in [6, 6.07) is -3.30. The van der Waals surface area contributed by atoms with Crippen molar-refractivity contribution in [3.63, 3.8) is 0 Å². The first-order valence-electron chi connectivity index (χ1n) is 20.8. The summed E-state index contributed by atoms with van der Waals surface area (Å²) in [5.74, 6) is -6.25. The number of thiol groups is 1. The Morgan fingerprint density at radius 3 is 2.18 bits per heavy atom. The molecule has 0 fully saturated rings. The molecule has 0 bridgehead atoms. The lowest BCUT2D eigenvalue weighted by molar-refractivity contribution is -0.138. The van der Waals surface area contributed by atoms with Crippen molar-refractivity contribution in [2.75, 3.05) is 58.4 Å². The summed E-state index contributed by atoms with van der Waals surface area (Å²) in [5.41, 5.74) is 6.07. The Labute approximate surface area is 368 Å². The lowest BCUT2D eigenvalue weighted by Crippen LogP contribution is -2.50. The number of ketones is 3. The van der Waals surface area contributed by atoms with Crippen molar-refractivity contribution in [2.45, 2.75) is 110 Å². The number of ether oxygens (including phenoxy) is 2. The molecule has 0 saturated carbocycles. The van der Waals surface area contributed by atoms with Gasteiger partial charge in [0.25, 0.3) is 0 Å². The molecule has 23 heteroatoms. The first-order valence-corrected chi connectivity index (χ1v) is 22.9. The number of imidazole rings is 1. The minimum Gasteiger partial charge on any atom is -0.394 e. The predicted molar refractivity (Wildman–Crippen MR) is 229 cm³/mol.